The van der Waals surface area contributed by atoms with Gasteiger partial charge < -0.3 is 5.32 Å². The van der Waals surface area contributed by atoms with Crippen LogP contribution in [0.1, 0.15) is 18.9 Å². The Morgan fingerprint density at radius 2 is 2.11 bits per heavy atom. The van der Waals surface area contributed by atoms with Gasteiger partial charge in [-0.2, -0.15) is 14.6 Å². The van der Waals surface area contributed by atoms with Gasteiger partial charge in [-0.15, -0.1) is 12.4 Å². The van der Waals surface area contributed by atoms with E-state index >= 15 is 0 Å². The van der Waals surface area contributed by atoms with Crippen molar-refractivity contribution in [1.82, 2.24) is 19.6 Å². The molecule has 0 saturated carbocycles. The molecule has 0 saturated heterocycles. The van der Waals surface area contributed by atoms with Crippen LogP contribution in [0.4, 0.5) is 10.1 Å². The maximum Gasteiger partial charge on any atom is 0.216 e. The lowest BCUT2D eigenvalue weighted by atomic mass is 10.3. The molecule has 18 heavy (non-hydrogen) atoms. The number of rotatable bonds is 5. The van der Waals surface area contributed by atoms with E-state index < -0.39 is 0 Å². The second-order valence-electron chi connectivity index (χ2n) is 3.93. The van der Waals surface area contributed by atoms with Crippen molar-refractivity contribution >= 4 is 18.1 Å². The first kappa shape index (κ1) is 14.5. The smallest absolute Gasteiger partial charge is 0.216 e. The number of hydrogen-bond donors (Lipinski definition) is 1. The van der Waals surface area contributed by atoms with E-state index in [-0.39, 0.29) is 18.4 Å². The molecular formula is C11H17ClFN5. The molecule has 0 bridgehead atoms. The number of halogens is 2. The predicted molar refractivity (Wildman–Crippen MR) is 70.3 cm³/mol. The third-order valence-corrected chi connectivity index (χ3v) is 2.50. The summed E-state index contributed by atoms with van der Waals surface area (Å²) in [6, 6.07) is 0. The van der Waals surface area contributed by atoms with Crippen LogP contribution in [0.15, 0.2) is 18.6 Å². The lowest BCUT2D eigenvalue weighted by Gasteiger charge is -2.01. The molecule has 0 amide bonds. The van der Waals surface area contributed by atoms with Crippen molar-refractivity contribution in [2.24, 2.45) is 7.05 Å². The monoisotopic (exact) mass is 273 g/mol. The molecule has 0 aliphatic carbocycles. The first-order valence-electron chi connectivity index (χ1n) is 5.63. The summed E-state index contributed by atoms with van der Waals surface area (Å²) in [6.07, 6.45) is 6.22. The molecule has 2 aromatic rings. The molecule has 5 nitrogen and oxygen atoms in total. The zero-order valence-corrected chi connectivity index (χ0v) is 11.2. The van der Waals surface area contributed by atoms with E-state index in [1.54, 1.807) is 13.2 Å². The third kappa shape index (κ3) is 3.22. The second-order valence-corrected chi connectivity index (χ2v) is 3.93. The summed E-state index contributed by atoms with van der Waals surface area (Å²) in [6.45, 7) is 3.40. The van der Waals surface area contributed by atoms with E-state index in [1.165, 1.54) is 10.9 Å². The molecule has 2 rings (SSSR count). The average molecular weight is 274 g/mol. The molecule has 7 heteroatoms. The molecule has 1 N–H and O–H groups in total. The zero-order chi connectivity index (χ0) is 12.3. The second kappa shape index (κ2) is 6.39. The number of aromatic nitrogens is 4. The van der Waals surface area contributed by atoms with Crippen LogP contribution in [-0.2, 0) is 20.1 Å². The van der Waals surface area contributed by atoms with Gasteiger partial charge in [0, 0.05) is 31.9 Å². The first-order chi connectivity index (χ1) is 8.20. The largest absolute Gasteiger partial charge is 0.378 e. The Bertz CT molecular complexity index is 493. The number of anilines is 1. The van der Waals surface area contributed by atoms with E-state index in [0.717, 1.165) is 18.7 Å². The zero-order valence-electron chi connectivity index (χ0n) is 10.4. The van der Waals surface area contributed by atoms with Gasteiger partial charge in [0.1, 0.15) is 0 Å². The summed E-state index contributed by atoms with van der Waals surface area (Å²) in [4.78, 5) is 0. The van der Waals surface area contributed by atoms with Crippen LogP contribution in [-0.4, -0.2) is 19.6 Å². The Morgan fingerprint density at radius 3 is 2.72 bits per heavy atom. The quantitative estimate of drug-likeness (QED) is 0.909. The van der Waals surface area contributed by atoms with Crippen molar-refractivity contribution in [3.63, 3.8) is 0 Å². The van der Waals surface area contributed by atoms with Gasteiger partial charge in [0.15, 0.2) is 0 Å². The van der Waals surface area contributed by atoms with Crippen LogP contribution in [0.2, 0.25) is 0 Å². The molecule has 0 aromatic carbocycles. The average Bonchev–Trinajstić information content (AvgIpc) is 2.87. The van der Waals surface area contributed by atoms with E-state index in [1.807, 2.05) is 10.9 Å². The number of aryl methyl sites for hydroxylation is 2. The van der Waals surface area contributed by atoms with Gasteiger partial charge in [0.05, 0.1) is 18.1 Å². The van der Waals surface area contributed by atoms with Gasteiger partial charge in [-0.05, 0) is 6.42 Å². The molecule has 2 aromatic heterocycles. The van der Waals surface area contributed by atoms with Crippen molar-refractivity contribution in [2.75, 3.05) is 5.32 Å². The molecule has 0 fully saturated rings. The van der Waals surface area contributed by atoms with Crippen LogP contribution in [0, 0.1) is 5.95 Å². The molecule has 0 atom stereocenters. The Hall–Kier alpha value is -1.56. The van der Waals surface area contributed by atoms with Crippen molar-refractivity contribution in [3.8, 4) is 0 Å². The fourth-order valence-electron chi connectivity index (χ4n) is 1.59. The van der Waals surface area contributed by atoms with Crippen LogP contribution in [0.5, 0.6) is 0 Å². The highest BCUT2D eigenvalue weighted by Crippen LogP contribution is 2.10. The molecule has 0 radical (unpaired) electrons. The molecule has 2 heterocycles. The van der Waals surface area contributed by atoms with E-state index in [0.29, 0.717) is 12.1 Å². The minimum atomic E-state index is -0.307. The summed E-state index contributed by atoms with van der Waals surface area (Å²) in [7, 11) is 1.58. The van der Waals surface area contributed by atoms with Crippen molar-refractivity contribution in [3.05, 3.63) is 30.1 Å². The maximum absolute atomic E-state index is 13.4. The van der Waals surface area contributed by atoms with Gasteiger partial charge in [0.2, 0.25) is 5.95 Å². The highest BCUT2D eigenvalue weighted by atomic mass is 35.5. The normalized spacial score (nSPS) is 10.2. The summed E-state index contributed by atoms with van der Waals surface area (Å²) in [5.41, 5.74) is 1.44. The van der Waals surface area contributed by atoms with E-state index in [4.69, 9.17) is 0 Å². The van der Waals surface area contributed by atoms with Crippen molar-refractivity contribution in [1.29, 1.82) is 0 Å². The molecule has 100 valence electrons. The van der Waals surface area contributed by atoms with Crippen molar-refractivity contribution in [2.45, 2.75) is 26.4 Å². The number of nitrogens with zero attached hydrogens (tertiary/aromatic N) is 4. The van der Waals surface area contributed by atoms with Gasteiger partial charge in [0.25, 0.3) is 0 Å². The van der Waals surface area contributed by atoms with Gasteiger partial charge >= 0.3 is 0 Å². The van der Waals surface area contributed by atoms with E-state index in [2.05, 4.69) is 22.4 Å². The topological polar surface area (TPSA) is 47.7 Å². The lowest BCUT2D eigenvalue weighted by Crippen LogP contribution is -2.02. The SMILES string of the molecule is CCCn1cc(NCc2cnn(C)c2F)cn1.Cl. The number of hydrogen-bond acceptors (Lipinski definition) is 3. The first-order valence-corrected chi connectivity index (χ1v) is 5.63. The molecule has 0 aliphatic rings. The fourth-order valence-corrected chi connectivity index (χ4v) is 1.59. The van der Waals surface area contributed by atoms with Crippen LogP contribution in [0.25, 0.3) is 0 Å². The summed E-state index contributed by atoms with van der Waals surface area (Å²) in [5.74, 6) is -0.307. The maximum atomic E-state index is 13.4. The van der Waals surface area contributed by atoms with Crippen LogP contribution >= 0.6 is 12.4 Å². The molecule has 0 unspecified atom stereocenters. The van der Waals surface area contributed by atoms with Gasteiger partial charge in [-0.3, -0.25) is 4.68 Å². The fraction of sp³-hybridized carbons (Fsp3) is 0.455. The van der Waals surface area contributed by atoms with Crippen molar-refractivity contribution < 1.29 is 4.39 Å². The van der Waals surface area contributed by atoms with Gasteiger partial charge in [-0.1, -0.05) is 6.92 Å². The summed E-state index contributed by atoms with van der Waals surface area (Å²) < 4.78 is 16.5. The van der Waals surface area contributed by atoms with E-state index in [9.17, 15) is 4.39 Å². The summed E-state index contributed by atoms with van der Waals surface area (Å²) in [5, 5.41) is 11.1. The van der Waals surface area contributed by atoms with Crippen LogP contribution in [0.3, 0.4) is 0 Å². The predicted octanol–water partition coefficient (Wildman–Crippen LogP) is 2.20. The Morgan fingerprint density at radius 1 is 1.33 bits per heavy atom. The minimum Gasteiger partial charge on any atom is -0.378 e. The molecule has 0 aliphatic heterocycles. The standard InChI is InChI=1S/C11H16FN5.ClH/c1-3-4-17-8-10(7-15-17)13-5-9-6-14-16(2)11(9)12;/h6-8,13H,3-5H2,1-2H3;1H. The minimum absolute atomic E-state index is 0. The highest BCUT2D eigenvalue weighted by Gasteiger charge is 2.07. The Balaban J connectivity index is 0.00000162. The van der Waals surface area contributed by atoms with Crippen LogP contribution < -0.4 is 5.32 Å². The number of nitrogens with one attached hydrogen (secondary N) is 1. The highest BCUT2D eigenvalue weighted by molar-refractivity contribution is 5.85. The summed E-state index contributed by atoms with van der Waals surface area (Å²) >= 11 is 0. The Kier molecular flexibility index (Phi) is 5.15. The molecular weight excluding hydrogens is 257 g/mol. The molecule has 0 spiro atoms. The lowest BCUT2D eigenvalue weighted by molar-refractivity contribution is 0.496. The third-order valence-electron chi connectivity index (χ3n) is 2.50. The van der Waals surface area contributed by atoms with Gasteiger partial charge in [-0.25, -0.2) is 4.68 Å². The Labute approximate surface area is 111 Å².